The molecule has 1 N–H and O–H groups in total. The van der Waals surface area contributed by atoms with Crippen LogP contribution < -0.4 is 0 Å². The zero-order chi connectivity index (χ0) is 14.4. The molecule has 1 amide bonds. The maximum Gasteiger partial charge on any atom is 0.257 e. The number of carbonyl (C=O) groups excluding carboxylic acids is 1. The van der Waals surface area contributed by atoms with E-state index in [1.165, 1.54) is 6.07 Å². The van der Waals surface area contributed by atoms with Gasteiger partial charge < -0.3 is 10.0 Å². The molecule has 0 aromatic heterocycles. The molecule has 0 saturated carbocycles. The van der Waals surface area contributed by atoms with Gasteiger partial charge in [0.15, 0.2) is 0 Å². The Kier molecular flexibility index (Phi) is 6.66. The highest BCUT2D eigenvalue weighted by Crippen LogP contribution is 2.25. The smallest absolute Gasteiger partial charge is 0.257 e. The van der Waals surface area contributed by atoms with Crippen molar-refractivity contribution < 1.29 is 9.90 Å². The Labute approximate surface area is 127 Å². The van der Waals surface area contributed by atoms with Crippen molar-refractivity contribution in [1.82, 2.24) is 4.90 Å². The lowest BCUT2D eigenvalue weighted by Gasteiger charge is -2.30. The van der Waals surface area contributed by atoms with E-state index < -0.39 is 0 Å². The minimum absolute atomic E-state index is 0.00118. The van der Waals surface area contributed by atoms with E-state index in [9.17, 15) is 9.90 Å². The zero-order valence-electron chi connectivity index (χ0n) is 11.2. The minimum Gasteiger partial charge on any atom is -0.507 e. The van der Waals surface area contributed by atoms with Gasteiger partial charge in [0, 0.05) is 22.9 Å². The second-order valence-electron chi connectivity index (χ2n) is 4.32. The number of amides is 1. The largest absolute Gasteiger partial charge is 0.507 e. The molecule has 106 valence electrons. The Balaban J connectivity index is 3.08. The molecule has 1 aromatic rings. The lowest BCUT2D eigenvalue weighted by atomic mass is 10.1. The second-order valence-corrected chi connectivity index (χ2v) is 5.61. The Morgan fingerprint density at radius 2 is 2.05 bits per heavy atom. The summed E-state index contributed by atoms with van der Waals surface area (Å²) in [6, 6.07) is 5.00. The quantitative estimate of drug-likeness (QED) is 0.789. The van der Waals surface area contributed by atoms with Crippen LogP contribution in [0.5, 0.6) is 5.75 Å². The number of hydrogen-bond acceptors (Lipinski definition) is 2. The van der Waals surface area contributed by atoms with Gasteiger partial charge in [-0.15, -0.1) is 11.6 Å². The fraction of sp³-hybridized carbons (Fsp3) is 0.500. The number of phenolic OH excluding ortho intramolecular Hbond substituents is 1. The molecule has 19 heavy (non-hydrogen) atoms. The molecule has 1 aromatic carbocycles. The third kappa shape index (κ3) is 4.11. The molecule has 5 heteroatoms. The van der Waals surface area contributed by atoms with Crippen LogP contribution in [0.1, 0.15) is 37.0 Å². The van der Waals surface area contributed by atoms with Crippen molar-refractivity contribution >= 4 is 33.4 Å². The number of aromatic hydroxyl groups is 1. The van der Waals surface area contributed by atoms with Crippen LogP contribution in [-0.2, 0) is 0 Å². The highest BCUT2D eigenvalue weighted by atomic mass is 79.9. The Morgan fingerprint density at radius 1 is 1.42 bits per heavy atom. The maximum absolute atomic E-state index is 12.6. The molecule has 0 spiro atoms. The number of halogens is 2. The van der Waals surface area contributed by atoms with Crippen molar-refractivity contribution in [2.45, 2.75) is 32.7 Å². The van der Waals surface area contributed by atoms with E-state index in [0.717, 1.165) is 17.3 Å². The van der Waals surface area contributed by atoms with Crippen LogP contribution >= 0.6 is 27.5 Å². The summed E-state index contributed by atoms with van der Waals surface area (Å²) in [4.78, 5) is 14.3. The standard InChI is InChI=1S/C14H19BrClNO2/c1-3-11(4-2)17(8-7-16)14(19)12-9-10(15)5-6-13(12)18/h5-6,9,11,18H,3-4,7-8H2,1-2H3. The Bertz CT molecular complexity index is 435. The van der Waals surface area contributed by atoms with Crippen molar-refractivity contribution in [3.05, 3.63) is 28.2 Å². The number of carbonyl (C=O) groups is 1. The molecule has 0 atom stereocenters. The molecule has 0 heterocycles. The van der Waals surface area contributed by atoms with E-state index >= 15 is 0 Å². The summed E-state index contributed by atoms with van der Waals surface area (Å²) in [5.41, 5.74) is 0.311. The molecule has 0 unspecified atom stereocenters. The van der Waals surface area contributed by atoms with Crippen molar-refractivity contribution in [2.24, 2.45) is 0 Å². The van der Waals surface area contributed by atoms with Gasteiger partial charge >= 0.3 is 0 Å². The summed E-state index contributed by atoms with van der Waals surface area (Å²) in [5.74, 6) is 0.212. The number of alkyl halides is 1. The predicted molar refractivity (Wildman–Crippen MR) is 81.9 cm³/mol. The van der Waals surface area contributed by atoms with Gasteiger partial charge in [-0.3, -0.25) is 4.79 Å². The topological polar surface area (TPSA) is 40.5 Å². The molecule has 0 fully saturated rings. The van der Waals surface area contributed by atoms with E-state index in [0.29, 0.717) is 18.0 Å². The third-order valence-corrected chi connectivity index (χ3v) is 3.82. The number of benzene rings is 1. The van der Waals surface area contributed by atoms with Crippen LogP contribution in [0.25, 0.3) is 0 Å². The van der Waals surface area contributed by atoms with Gasteiger partial charge in [0.2, 0.25) is 0 Å². The van der Waals surface area contributed by atoms with Gasteiger partial charge in [-0.1, -0.05) is 29.8 Å². The molecule has 0 aliphatic carbocycles. The maximum atomic E-state index is 12.6. The summed E-state index contributed by atoms with van der Waals surface area (Å²) in [6.07, 6.45) is 1.74. The van der Waals surface area contributed by atoms with Crippen molar-refractivity contribution in [3.8, 4) is 5.75 Å². The summed E-state index contributed by atoms with van der Waals surface area (Å²) < 4.78 is 0.768. The van der Waals surface area contributed by atoms with E-state index in [1.807, 2.05) is 13.8 Å². The molecule has 0 aliphatic heterocycles. The highest BCUT2D eigenvalue weighted by molar-refractivity contribution is 9.10. The molecule has 0 aliphatic rings. The Hall–Kier alpha value is -0.740. The van der Waals surface area contributed by atoms with Gasteiger partial charge in [0.05, 0.1) is 5.56 Å². The summed E-state index contributed by atoms with van der Waals surface area (Å²) in [6.45, 7) is 4.57. The summed E-state index contributed by atoms with van der Waals surface area (Å²) in [7, 11) is 0. The lowest BCUT2D eigenvalue weighted by Crippen LogP contribution is -2.41. The van der Waals surface area contributed by atoms with Crippen LogP contribution in [0, 0.1) is 0 Å². The highest BCUT2D eigenvalue weighted by Gasteiger charge is 2.24. The SMILES string of the molecule is CCC(CC)N(CCCl)C(=O)c1cc(Br)ccc1O. The van der Waals surface area contributed by atoms with Crippen LogP contribution in [0.3, 0.4) is 0 Å². The van der Waals surface area contributed by atoms with Gasteiger partial charge in [-0.05, 0) is 31.0 Å². The Morgan fingerprint density at radius 3 is 2.58 bits per heavy atom. The molecule has 0 radical (unpaired) electrons. The first-order valence-corrected chi connectivity index (χ1v) is 7.73. The van der Waals surface area contributed by atoms with E-state index in [4.69, 9.17) is 11.6 Å². The minimum atomic E-state index is -0.173. The van der Waals surface area contributed by atoms with Crippen molar-refractivity contribution in [2.75, 3.05) is 12.4 Å². The van der Waals surface area contributed by atoms with Crippen LogP contribution in [0.15, 0.2) is 22.7 Å². The van der Waals surface area contributed by atoms with Crippen LogP contribution in [0.2, 0.25) is 0 Å². The number of hydrogen-bond donors (Lipinski definition) is 1. The summed E-state index contributed by atoms with van der Waals surface area (Å²) >= 11 is 9.11. The molecule has 0 saturated heterocycles. The lowest BCUT2D eigenvalue weighted by molar-refractivity contribution is 0.0678. The van der Waals surface area contributed by atoms with E-state index in [-0.39, 0.29) is 17.7 Å². The average Bonchev–Trinajstić information content (AvgIpc) is 2.41. The molecular formula is C14H19BrClNO2. The van der Waals surface area contributed by atoms with Crippen LogP contribution in [0.4, 0.5) is 0 Å². The van der Waals surface area contributed by atoms with Crippen molar-refractivity contribution in [1.29, 1.82) is 0 Å². The average molecular weight is 349 g/mol. The second kappa shape index (κ2) is 7.75. The zero-order valence-corrected chi connectivity index (χ0v) is 13.5. The third-order valence-electron chi connectivity index (χ3n) is 3.16. The normalized spacial score (nSPS) is 10.8. The monoisotopic (exact) mass is 347 g/mol. The van der Waals surface area contributed by atoms with Gasteiger partial charge in [-0.2, -0.15) is 0 Å². The number of rotatable bonds is 6. The predicted octanol–water partition coefficient (Wildman–Crippen LogP) is 4.02. The number of phenols is 1. The molecular weight excluding hydrogens is 330 g/mol. The van der Waals surface area contributed by atoms with Gasteiger partial charge in [0.25, 0.3) is 5.91 Å². The first-order valence-electron chi connectivity index (χ1n) is 6.40. The van der Waals surface area contributed by atoms with E-state index in [1.54, 1.807) is 17.0 Å². The molecule has 0 bridgehead atoms. The van der Waals surface area contributed by atoms with Crippen molar-refractivity contribution in [3.63, 3.8) is 0 Å². The first-order chi connectivity index (χ1) is 9.04. The molecule has 1 rings (SSSR count). The first kappa shape index (κ1) is 16.3. The fourth-order valence-electron chi connectivity index (χ4n) is 2.10. The van der Waals surface area contributed by atoms with Gasteiger partial charge in [-0.25, -0.2) is 0 Å². The van der Waals surface area contributed by atoms with Gasteiger partial charge in [0.1, 0.15) is 5.75 Å². The number of nitrogens with zero attached hydrogens (tertiary/aromatic N) is 1. The van der Waals surface area contributed by atoms with Crippen LogP contribution in [-0.4, -0.2) is 34.4 Å². The van der Waals surface area contributed by atoms with E-state index in [2.05, 4.69) is 15.9 Å². The molecule has 3 nitrogen and oxygen atoms in total. The summed E-state index contributed by atoms with van der Waals surface area (Å²) in [5, 5.41) is 9.85. The fourth-order valence-corrected chi connectivity index (χ4v) is 2.65.